The van der Waals surface area contributed by atoms with E-state index in [1.165, 1.54) is 0 Å². The smallest absolute Gasteiger partial charge is 0.355 e. The molecular formula is C6H8N2O2S. The Bertz CT molecular complexity index is 310. The summed E-state index contributed by atoms with van der Waals surface area (Å²) in [6, 6.07) is 0. The predicted molar refractivity (Wildman–Crippen MR) is 43.4 cm³/mol. The molecule has 1 aromatic heterocycles. The zero-order valence-corrected chi connectivity index (χ0v) is 6.97. The van der Waals surface area contributed by atoms with Gasteiger partial charge in [0.05, 0.1) is 1.37 Å². The molecule has 0 radical (unpaired) electrons. The third kappa shape index (κ3) is 1.68. The first-order valence-corrected chi connectivity index (χ1v) is 3.72. The quantitative estimate of drug-likeness (QED) is 0.722. The molecule has 0 fully saturated rings. The van der Waals surface area contributed by atoms with E-state index >= 15 is 0 Å². The molecule has 0 spiro atoms. The summed E-state index contributed by atoms with van der Waals surface area (Å²) < 4.78 is 7.26. The monoisotopic (exact) mass is 173 g/mol. The fraction of sp³-hybridized carbons (Fsp3) is 0.333. The van der Waals surface area contributed by atoms with E-state index in [0.29, 0.717) is 5.13 Å². The average Bonchev–Trinajstić information content (AvgIpc) is 2.30. The molecule has 11 heavy (non-hydrogen) atoms. The van der Waals surface area contributed by atoms with Crippen LogP contribution in [0.3, 0.4) is 0 Å². The highest BCUT2D eigenvalue weighted by atomic mass is 32.1. The van der Waals surface area contributed by atoms with Gasteiger partial charge in [-0.3, -0.25) is 0 Å². The van der Waals surface area contributed by atoms with Crippen molar-refractivity contribution in [2.45, 2.75) is 0 Å². The van der Waals surface area contributed by atoms with Crippen LogP contribution in [0.2, 0.25) is 0 Å². The van der Waals surface area contributed by atoms with Crippen molar-refractivity contribution in [1.82, 2.24) is 4.98 Å². The lowest BCUT2D eigenvalue weighted by Crippen LogP contribution is -2.08. The Hall–Kier alpha value is -1.10. The van der Waals surface area contributed by atoms with Crippen LogP contribution < -0.4 is 4.90 Å². The Morgan fingerprint density at radius 1 is 1.91 bits per heavy atom. The van der Waals surface area contributed by atoms with Crippen LogP contribution >= 0.6 is 11.3 Å². The molecule has 0 aliphatic rings. The number of aromatic nitrogens is 1. The number of thiazole rings is 1. The van der Waals surface area contributed by atoms with Gasteiger partial charge >= 0.3 is 5.97 Å². The third-order valence-corrected chi connectivity index (χ3v) is 1.97. The maximum Gasteiger partial charge on any atom is 0.355 e. The molecular weight excluding hydrogens is 164 g/mol. The van der Waals surface area contributed by atoms with E-state index in [2.05, 4.69) is 4.98 Å². The second-order valence-corrected chi connectivity index (χ2v) is 2.92. The first-order valence-electron chi connectivity index (χ1n) is 3.40. The van der Waals surface area contributed by atoms with Crippen molar-refractivity contribution in [3.63, 3.8) is 0 Å². The van der Waals surface area contributed by atoms with Crippen LogP contribution in [0.25, 0.3) is 0 Å². The van der Waals surface area contributed by atoms with Crippen molar-refractivity contribution in [3.8, 4) is 0 Å². The normalized spacial score (nSPS) is 10.9. The minimum absolute atomic E-state index is 0.00815. The Labute approximate surface area is 69.5 Å². The zero-order valence-electron chi connectivity index (χ0n) is 7.16. The summed E-state index contributed by atoms with van der Waals surface area (Å²) in [6.45, 7) is 0. The van der Waals surface area contributed by atoms with Crippen LogP contribution in [0, 0.1) is 0 Å². The SMILES string of the molecule is [2H]c1sc(N(C)C)nc1C(=O)O. The molecule has 1 rings (SSSR count). The van der Waals surface area contributed by atoms with Crippen LogP contribution in [0.1, 0.15) is 11.9 Å². The van der Waals surface area contributed by atoms with Gasteiger partial charge in [-0.2, -0.15) is 0 Å². The third-order valence-electron chi connectivity index (χ3n) is 1.03. The fourth-order valence-corrected chi connectivity index (χ4v) is 1.16. The minimum Gasteiger partial charge on any atom is -0.476 e. The molecule has 0 aliphatic carbocycles. The van der Waals surface area contributed by atoms with Crippen molar-refractivity contribution < 1.29 is 11.3 Å². The van der Waals surface area contributed by atoms with Gasteiger partial charge in [-0.05, 0) is 0 Å². The summed E-state index contributed by atoms with van der Waals surface area (Å²) in [5.41, 5.74) is -0.177. The second-order valence-electron chi connectivity index (χ2n) is 2.15. The van der Waals surface area contributed by atoms with Gasteiger partial charge in [0, 0.05) is 19.5 Å². The minimum atomic E-state index is -1.15. The van der Waals surface area contributed by atoms with Crippen molar-refractivity contribution in [2.24, 2.45) is 0 Å². The summed E-state index contributed by atoms with van der Waals surface area (Å²) in [5, 5.41) is 9.10. The number of carboxylic acid groups (broad SMARTS) is 1. The number of hydrogen-bond acceptors (Lipinski definition) is 4. The van der Waals surface area contributed by atoms with Crippen LogP contribution in [-0.2, 0) is 0 Å². The van der Waals surface area contributed by atoms with Gasteiger partial charge in [0.25, 0.3) is 0 Å². The van der Waals surface area contributed by atoms with E-state index in [1.54, 1.807) is 19.0 Å². The maximum absolute atomic E-state index is 10.5. The number of hydrogen-bond donors (Lipinski definition) is 1. The van der Waals surface area contributed by atoms with E-state index in [0.717, 1.165) is 11.3 Å². The van der Waals surface area contributed by atoms with E-state index in [1.807, 2.05) is 0 Å². The molecule has 0 aromatic carbocycles. The number of carbonyl (C=O) groups is 1. The lowest BCUT2D eigenvalue weighted by atomic mass is 10.5. The lowest BCUT2D eigenvalue weighted by molar-refractivity contribution is 0.0691. The molecule has 0 bridgehead atoms. The van der Waals surface area contributed by atoms with Gasteiger partial charge in [0.1, 0.15) is 0 Å². The highest BCUT2D eigenvalue weighted by Crippen LogP contribution is 2.17. The Morgan fingerprint density at radius 2 is 2.55 bits per heavy atom. The molecule has 0 aliphatic heterocycles. The second kappa shape index (κ2) is 2.87. The molecule has 4 nitrogen and oxygen atoms in total. The summed E-state index contributed by atoms with van der Waals surface area (Å²) in [4.78, 5) is 15.9. The molecule has 0 saturated carbocycles. The van der Waals surface area contributed by atoms with E-state index in [4.69, 9.17) is 6.48 Å². The zero-order chi connectivity index (χ0) is 9.30. The molecule has 1 N–H and O–H groups in total. The molecule has 0 unspecified atom stereocenters. The van der Waals surface area contributed by atoms with E-state index < -0.39 is 5.97 Å². The summed E-state index contributed by atoms with van der Waals surface area (Å²) >= 11 is 1.05. The van der Waals surface area contributed by atoms with E-state index in [-0.39, 0.29) is 11.1 Å². The summed E-state index contributed by atoms with van der Waals surface area (Å²) in [7, 11) is 3.51. The van der Waals surface area contributed by atoms with Crippen LogP contribution in [-0.4, -0.2) is 30.2 Å². The first-order chi connectivity index (χ1) is 5.52. The molecule has 1 aromatic rings. The van der Waals surface area contributed by atoms with Gasteiger partial charge in [-0.25, -0.2) is 9.78 Å². The van der Waals surface area contributed by atoms with Crippen molar-refractivity contribution in [2.75, 3.05) is 19.0 Å². The highest BCUT2D eigenvalue weighted by Gasteiger charge is 2.08. The molecule has 5 heteroatoms. The number of aromatic carboxylic acids is 1. The van der Waals surface area contributed by atoms with E-state index in [9.17, 15) is 4.79 Å². The number of anilines is 1. The predicted octanol–water partition coefficient (Wildman–Crippen LogP) is 0.907. The number of nitrogens with zero attached hydrogens (tertiary/aromatic N) is 2. The van der Waals surface area contributed by atoms with Gasteiger partial charge in [0.15, 0.2) is 10.8 Å². The Kier molecular flexibility index (Phi) is 1.72. The first kappa shape index (κ1) is 6.60. The number of carboxylic acids is 1. The lowest BCUT2D eigenvalue weighted by Gasteiger charge is -2.04. The maximum atomic E-state index is 10.5. The Morgan fingerprint density at radius 3 is 2.82 bits per heavy atom. The van der Waals surface area contributed by atoms with Gasteiger partial charge in [-0.1, -0.05) is 0 Å². The molecule has 0 saturated heterocycles. The van der Waals surface area contributed by atoms with Gasteiger partial charge in [-0.15, -0.1) is 11.3 Å². The highest BCUT2D eigenvalue weighted by molar-refractivity contribution is 7.13. The molecule has 60 valence electrons. The van der Waals surface area contributed by atoms with Crippen LogP contribution in [0.15, 0.2) is 5.36 Å². The average molecular weight is 173 g/mol. The topological polar surface area (TPSA) is 53.4 Å². The van der Waals surface area contributed by atoms with Crippen LogP contribution in [0.5, 0.6) is 0 Å². The van der Waals surface area contributed by atoms with Crippen LogP contribution in [0.4, 0.5) is 5.13 Å². The molecule has 0 amide bonds. The molecule has 0 atom stereocenters. The van der Waals surface area contributed by atoms with Gasteiger partial charge < -0.3 is 10.0 Å². The standard InChI is InChI=1S/C6H8N2O2S/c1-8(2)6-7-4(3-11-6)5(9)10/h3H,1-2H3,(H,9,10)/i3D. The Balaban J connectivity index is 3.09. The van der Waals surface area contributed by atoms with Crippen molar-refractivity contribution in [1.29, 1.82) is 0 Å². The largest absolute Gasteiger partial charge is 0.476 e. The fourth-order valence-electron chi connectivity index (χ4n) is 0.518. The van der Waals surface area contributed by atoms with Crippen molar-refractivity contribution in [3.05, 3.63) is 11.1 Å². The summed E-state index contributed by atoms with van der Waals surface area (Å²) in [6.07, 6.45) is 0. The summed E-state index contributed by atoms with van der Waals surface area (Å²) in [5.74, 6) is -1.15. The van der Waals surface area contributed by atoms with Gasteiger partial charge in [0.2, 0.25) is 0 Å². The van der Waals surface area contributed by atoms with Crippen molar-refractivity contribution >= 4 is 22.4 Å². The number of rotatable bonds is 2. The molecule has 1 heterocycles.